The maximum Gasteiger partial charge on any atom is 0.266 e. The fourth-order valence-corrected chi connectivity index (χ4v) is 3.71. The summed E-state index contributed by atoms with van der Waals surface area (Å²) in [5.74, 6) is 0.00735. The Bertz CT molecular complexity index is 1420. The van der Waals surface area contributed by atoms with Crippen LogP contribution in [0.25, 0.3) is 17.0 Å². The molecule has 0 spiro atoms. The Morgan fingerprint density at radius 2 is 1.91 bits per heavy atom. The maximum absolute atomic E-state index is 12.8. The predicted octanol–water partition coefficient (Wildman–Crippen LogP) is 4.71. The monoisotopic (exact) mass is 452 g/mol. The summed E-state index contributed by atoms with van der Waals surface area (Å²) in [6.45, 7) is 4.28. The van der Waals surface area contributed by atoms with Gasteiger partial charge < -0.3 is 19.6 Å². The van der Waals surface area contributed by atoms with Crippen molar-refractivity contribution < 1.29 is 14.0 Å². The lowest BCUT2D eigenvalue weighted by molar-refractivity contribution is -0.121. The number of carbonyl (C=O) groups is 2. The summed E-state index contributed by atoms with van der Waals surface area (Å²) >= 11 is 0. The van der Waals surface area contributed by atoms with Gasteiger partial charge in [0, 0.05) is 28.4 Å². The van der Waals surface area contributed by atoms with Crippen LogP contribution >= 0.6 is 0 Å². The third kappa shape index (κ3) is 4.92. The number of anilines is 1. The van der Waals surface area contributed by atoms with E-state index in [1.165, 1.54) is 0 Å². The molecule has 7 heteroatoms. The summed E-state index contributed by atoms with van der Waals surface area (Å²) in [4.78, 5) is 25.4. The van der Waals surface area contributed by atoms with Crippen LogP contribution in [0.2, 0.25) is 0 Å². The number of aryl methyl sites for hydroxylation is 1. The van der Waals surface area contributed by atoms with Crippen molar-refractivity contribution in [2.45, 2.75) is 26.9 Å². The minimum atomic E-state index is -0.482. The molecule has 2 aromatic carbocycles. The number of furan rings is 1. The Balaban J connectivity index is 1.58. The zero-order valence-corrected chi connectivity index (χ0v) is 19.0. The van der Waals surface area contributed by atoms with Crippen molar-refractivity contribution >= 4 is 34.5 Å². The van der Waals surface area contributed by atoms with Crippen LogP contribution in [0.5, 0.6) is 0 Å². The Kier molecular flexibility index (Phi) is 6.60. The molecule has 0 saturated heterocycles. The third-order valence-corrected chi connectivity index (χ3v) is 5.69. The molecule has 0 atom stereocenters. The van der Waals surface area contributed by atoms with E-state index in [0.29, 0.717) is 23.6 Å². The molecule has 4 aromatic rings. The SMILES string of the molecule is Cc1cccc(NC(=O)C(C#N)=Cc2cn(CC(=O)NCc3ccco3)c3ccccc23)c1C. The average Bonchev–Trinajstić information content (AvgIpc) is 3.47. The van der Waals surface area contributed by atoms with E-state index in [4.69, 9.17) is 4.42 Å². The van der Waals surface area contributed by atoms with Crippen LogP contribution in [-0.2, 0) is 22.7 Å². The van der Waals surface area contributed by atoms with Gasteiger partial charge in [0.2, 0.25) is 5.91 Å². The van der Waals surface area contributed by atoms with Crippen molar-refractivity contribution in [1.82, 2.24) is 9.88 Å². The van der Waals surface area contributed by atoms with Gasteiger partial charge in [0.25, 0.3) is 5.91 Å². The fourth-order valence-electron chi connectivity index (χ4n) is 3.71. The number of hydrogen-bond donors (Lipinski definition) is 2. The van der Waals surface area contributed by atoms with Gasteiger partial charge in [-0.2, -0.15) is 5.26 Å². The molecule has 4 rings (SSSR count). The summed E-state index contributed by atoms with van der Waals surface area (Å²) in [6.07, 6.45) is 4.89. The van der Waals surface area contributed by atoms with Gasteiger partial charge in [-0.1, -0.05) is 30.3 Å². The van der Waals surface area contributed by atoms with Crippen LogP contribution in [-0.4, -0.2) is 16.4 Å². The van der Waals surface area contributed by atoms with Crippen LogP contribution in [0.1, 0.15) is 22.5 Å². The van der Waals surface area contributed by atoms with E-state index in [2.05, 4.69) is 10.6 Å². The van der Waals surface area contributed by atoms with Crippen LogP contribution in [0, 0.1) is 25.2 Å². The van der Waals surface area contributed by atoms with E-state index >= 15 is 0 Å². The molecule has 2 aromatic heterocycles. The molecule has 0 radical (unpaired) electrons. The first-order chi connectivity index (χ1) is 16.5. The molecule has 2 amide bonds. The first-order valence-electron chi connectivity index (χ1n) is 10.8. The van der Waals surface area contributed by atoms with Gasteiger partial charge in [-0.05, 0) is 55.3 Å². The Morgan fingerprint density at radius 3 is 2.68 bits per heavy atom. The largest absolute Gasteiger partial charge is 0.467 e. The Morgan fingerprint density at radius 1 is 1.09 bits per heavy atom. The fraction of sp³-hybridized carbons (Fsp3) is 0.148. The highest BCUT2D eigenvalue weighted by molar-refractivity contribution is 6.11. The molecule has 7 nitrogen and oxygen atoms in total. The van der Waals surface area contributed by atoms with Gasteiger partial charge in [-0.3, -0.25) is 9.59 Å². The number of fused-ring (bicyclic) bond motifs is 1. The highest BCUT2D eigenvalue weighted by Crippen LogP contribution is 2.24. The molecule has 34 heavy (non-hydrogen) atoms. The second kappa shape index (κ2) is 9.92. The van der Waals surface area contributed by atoms with Crippen LogP contribution in [0.15, 0.2) is 77.0 Å². The molecular formula is C27H24N4O3. The second-order valence-corrected chi connectivity index (χ2v) is 7.96. The molecule has 2 N–H and O–H groups in total. The van der Waals surface area contributed by atoms with Crippen molar-refractivity contribution in [3.05, 3.63) is 95.1 Å². The van der Waals surface area contributed by atoms with Gasteiger partial charge >= 0.3 is 0 Å². The number of benzene rings is 2. The summed E-state index contributed by atoms with van der Waals surface area (Å²) in [5, 5.41) is 16.2. The van der Waals surface area contributed by atoms with E-state index in [1.54, 1.807) is 35.2 Å². The summed E-state index contributed by atoms with van der Waals surface area (Å²) in [7, 11) is 0. The summed E-state index contributed by atoms with van der Waals surface area (Å²) < 4.78 is 7.05. The molecule has 0 bridgehead atoms. The molecular weight excluding hydrogens is 428 g/mol. The highest BCUT2D eigenvalue weighted by Gasteiger charge is 2.15. The molecule has 0 aliphatic heterocycles. The van der Waals surface area contributed by atoms with Gasteiger partial charge in [0.05, 0.1) is 12.8 Å². The summed E-state index contributed by atoms with van der Waals surface area (Å²) in [6, 6.07) is 18.8. The maximum atomic E-state index is 12.8. The smallest absolute Gasteiger partial charge is 0.266 e. The van der Waals surface area contributed by atoms with Gasteiger partial charge in [-0.15, -0.1) is 0 Å². The number of nitrogens with one attached hydrogen (secondary N) is 2. The Labute approximate surface area is 197 Å². The zero-order valence-electron chi connectivity index (χ0n) is 19.0. The molecule has 170 valence electrons. The Hall–Kier alpha value is -4.57. The van der Waals surface area contributed by atoms with Crippen molar-refractivity contribution in [3.8, 4) is 6.07 Å². The van der Waals surface area contributed by atoms with Crippen molar-refractivity contribution in [2.24, 2.45) is 0 Å². The predicted molar refractivity (Wildman–Crippen MR) is 131 cm³/mol. The van der Waals surface area contributed by atoms with E-state index in [1.807, 2.05) is 62.4 Å². The summed E-state index contributed by atoms with van der Waals surface area (Å²) in [5.41, 5.74) is 4.16. The van der Waals surface area contributed by atoms with Crippen LogP contribution in [0.4, 0.5) is 5.69 Å². The zero-order chi connectivity index (χ0) is 24.1. The highest BCUT2D eigenvalue weighted by atomic mass is 16.3. The van der Waals surface area contributed by atoms with Crippen LogP contribution < -0.4 is 10.6 Å². The van der Waals surface area contributed by atoms with Gasteiger partial charge in [0.1, 0.15) is 23.9 Å². The number of amides is 2. The standard InChI is InChI=1S/C27H24N4O3/c1-18-7-5-10-24(19(18)2)30-27(33)20(14-28)13-21-16-31(25-11-4-3-9-23(21)25)17-26(32)29-15-22-8-6-12-34-22/h3-13,16H,15,17H2,1-2H3,(H,29,32)(H,30,33). The first kappa shape index (κ1) is 22.6. The van der Waals surface area contributed by atoms with E-state index in [0.717, 1.165) is 22.0 Å². The lowest BCUT2D eigenvalue weighted by Crippen LogP contribution is -2.26. The molecule has 2 heterocycles. The number of nitrogens with zero attached hydrogens (tertiary/aromatic N) is 2. The van der Waals surface area contributed by atoms with Gasteiger partial charge in [-0.25, -0.2) is 0 Å². The molecule has 0 fully saturated rings. The number of carbonyl (C=O) groups excluding carboxylic acids is 2. The van der Waals surface area contributed by atoms with E-state index in [9.17, 15) is 14.9 Å². The molecule has 0 aliphatic carbocycles. The van der Waals surface area contributed by atoms with Crippen molar-refractivity contribution in [3.63, 3.8) is 0 Å². The number of aromatic nitrogens is 1. The van der Waals surface area contributed by atoms with Crippen LogP contribution in [0.3, 0.4) is 0 Å². The third-order valence-electron chi connectivity index (χ3n) is 5.69. The number of hydrogen-bond acceptors (Lipinski definition) is 4. The number of para-hydroxylation sites is 1. The molecule has 0 aliphatic rings. The topological polar surface area (TPSA) is 100 Å². The molecule has 0 unspecified atom stereocenters. The van der Waals surface area contributed by atoms with Crippen molar-refractivity contribution in [1.29, 1.82) is 5.26 Å². The lowest BCUT2D eigenvalue weighted by atomic mass is 10.1. The lowest BCUT2D eigenvalue weighted by Gasteiger charge is -2.09. The normalized spacial score (nSPS) is 11.3. The number of rotatable bonds is 7. The quantitative estimate of drug-likeness (QED) is 0.313. The van der Waals surface area contributed by atoms with E-state index in [-0.39, 0.29) is 18.0 Å². The first-order valence-corrected chi connectivity index (χ1v) is 10.8. The number of nitriles is 1. The van der Waals surface area contributed by atoms with E-state index < -0.39 is 5.91 Å². The molecule has 0 saturated carbocycles. The minimum Gasteiger partial charge on any atom is -0.467 e. The second-order valence-electron chi connectivity index (χ2n) is 7.96. The minimum absolute atomic E-state index is 0.0221. The average molecular weight is 453 g/mol. The van der Waals surface area contributed by atoms with Gasteiger partial charge in [0.15, 0.2) is 0 Å². The van der Waals surface area contributed by atoms with Crippen molar-refractivity contribution in [2.75, 3.05) is 5.32 Å².